The first-order valence-electron chi connectivity index (χ1n) is 10.1. The van der Waals surface area contributed by atoms with Crippen molar-refractivity contribution in [2.75, 3.05) is 6.26 Å². The van der Waals surface area contributed by atoms with Gasteiger partial charge in [-0.15, -0.1) is 0 Å². The van der Waals surface area contributed by atoms with Crippen LogP contribution in [0.5, 0.6) is 0 Å². The van der Waals surface area contributed by atoms with Crippen LogP contribution in [0.4, 0.5) is 0 Å². The van der Waals surface area contributed by atoms with E-state index in [1.807, 2.05) is 84.9 Å². The Labute approximate surface area is 189 Å². The molecule has 0 fully saturated rings. The summed E-state index contributed by atoms with van der Waals surface area (Å²) in [6.45, 7) is 0. The van der Waals surface area contributed by atoms with Crippen molar-refractivity contribution in [2.45, 2.75) is 17.4 Å². The molecule has 0 spiro atoms. The second kappa shape index (κ2) is 9.54. The fourth-order valence-electron chi connectivity index (χ4n) is 3.75. The summed E-state index contributed by atoms with van der Waals surface area (Å²) in [6, 6.07) is 27.8. The van der Waals surface area contributed by atoms with Gasteiger partial charge >= 0.3 is 0 Å². The van der Waals surface area contributed by atoms with Crippen LogP contribution >= 0.6 is 0 Å². The number of carbonyl (C=O) groups excluding carboxylic acids is 1. The molecule has 1 N–H and O–H groups in total. The molecule has 2 atom stereocenters. The Balaban J connectivity index is 1.90. The van der Waals surface area contributed by atoms with Crippen LogP contribution in [0.25, 0.3) is 22.2 Å². The zero-order valence-electron chi connectivity index (χ0n) is 17.5. The zero-order valence-corrected chi connectivity index (χ0v) is 18.3. The lowest BCUT2D eigenvalue weighted by atomic mass is 10.0. The van der Waals surface area contributed by atoms with Crippen molar-refractivity contribution in [3.05, 3.63) is 96.1 Å². The molecule has 6 heteroatoms. The summed E-state index contributed by atoms with van der Waals surface area (Å²) in [4.78, 5) is 18.8. The molecule has 4 aromatic rings. The highest BCUT2D eigenvalue weighted by molar-refractivity contribution is 7.84. The predicted octanol–water partition coefficient (Wildman–Crippen LogP) is 5.02. The van der Waals surface area contributed by atoms with Crippen molar-refractivity contribution in [3.63, 3.8) is 0 Å². The molecule has 158 valence electrons. The van der Waals surface area contributed by atoms with Crippen molar-refractivity contribution < 1.29 is 9.00 Å². The van der Waals surface area contributed by atoms with E-state index in [-0.39, 0.29) is 12.3 Å². The highest BCUT2D eigenvalue weighted by atomic mass is 32.2. The molecular weight excluding hydrogens is 418 g/mol. The maximum absolute atomic E-state index is 13.6. The first kappa shape index (κ1) is 21.4. The molecular formula is C26H21N3O2S. The van der Waals surface area contributed by atoms with Crippen molar-refractivity contribution >= 4 is 27.6 Å². The van der Waals surface area contributed by atoms with E-state index < -0.39 is 16.8 Å². The fraction of sp³-hybridized carbons (Fsp3) is 0.115. The van der Waals surface area contributed by atoms with Gasteiger partial charge < -0.3 is 5.32 Å². The Morgan fingerprint density at radius 1 is 1.00 bits per heavy atom. The average Bonchev–Trinajstić information content (AvgIpc) is 2.83. The third-order valence-electron chi connectivity index (χ3n) is 5.21. The largest absolute Gasteiger partial charge is 0.344 e. The lowest BCUT2D eigenvalue weighted by Crippen LogP contribution is -2.29. The summed E-state index contributed by atoms with van der Waals surface area (Å²) in [5, 5.41) is 12.9. The van der Waals surface area contributed by atoms with Crippen molar-refractivity contribution in [3.8, 4) is 17.3 Å². The highest BCUT2D eigenvalue weighted by Gasteiger charge is 2.26. The number of nitrogens with one attached hydrogen (secondary N) is 1. The van der Waals surface area contributed by atoms with E-state index in [1.54, 1.807) is 6.26 Å². The topological polar surface area (TPSA) is 82.8 Å². The number of carbonyl (C=O) groups is 1. The molecule has 0 saturated heterocycles. The molecule has 0 bridgehead atoms. The molecule has 0 radical (unpaired) electrons. The SMILES string of the molecule is CS(=O)c1c(-c2ccccc2)nc2ccccc2c1C(=O)N[C@@H](CC#N)c1ccccc1. The third kappa shape index (κ3) is 4.29. The molecule has 1 heterocycles. The van der Waals surface area contributed by atoms with Crippen LogP contribution in [0, 0.1) is 11.3 Å². The number of rotatable bonds is 6. The summed E-state index contributed by atoms with van der Waals surface area (Å²) in [7, 11) is -1.48. The van der Waals surface area contributed by atoms with Crippen LogP contribution in [-0.4, -0.2) is 21.4 Å². The van der Waals surface area contributed by atoms with Crippen LogP contribution < -0.4 is 5.32 Å². The number of nitrogens with zero attached hydrogens (tertiary/aromatic N) is 2. The van der Waals surface area contributed by atoms with E-state index >= 15 is 0 Å². The van der Waals surface area contributed by atoms with E-state index in [2.05, 4.69) is 11.4 Å². The number of amides is 1. The minimum atomic E-state index is -1.48. The van der Waals surface area contributed by atoms with Crippen LogP contribution in [0.15, 0.2) is 89.8 Å². The van der Waals surface area contributed by atoms with Crippen molar-refractivity contribution in [1.29, 1.82) is 5.26 Å². The second-order valence-corrected chi connectivity index (χ2v) is 8.62. The molecule has 1 amide bonds. The Kier molecular flexibility index (Phi) is 6.39. The molecule has 4 rings (SSSR count). The van der Waals surface area contributed by atoms with E-state index in [9.17, 15) is 14.3 Å². The van der Waals surface area contributed by atoms with Crippen LogP contribution in [0.1, 0.15) is 28.4 Å². The number of aromatic nitrogens is 1. The van der Waals surface area contributed by atoms with Crippen LogP contribution in [0.2, 0.25) is 0 Å². The Bertz CT molecular complexity index is 1330. The first-order chi connectivity index (χ1) is 15.6. The predicted molar refractivity (Wildman–Crippen MR) is 126 cm³/mol. The summed E-state index contributed by atoms with van der Waals surface area (Å²) < 4.78 is 12.9. The summed E-state index contributed by atoms with van der Waals surface area (Å²) >= 11 is 0. The zero-order chi connectivity index (χ0) is 22.5. The normalized spacial score (nSPS) is 12.6. The number of hydrogen-bond donors (Lipinski definition) is 1. The molecule has 0 aliphatic carbocycles. The maximum atomic E-state index is 13.6. The molecule has 1 unspecified atom stereocenters. The smallest absolute Gasteiger partial charge is 0.253 e. The Morgan fingerprint density at radius 3 is 2.28 bits per heavy atom. The summed E-state index contributed by atoms with van der Waals surface area (Å²) in [6.07, 6.45) is 1.67. The highest BCUT2D eigenvalue weighted by Crippen LogP contribution is 2.33. The minimum absolute atomic E-state index is 0.120. The Morgan fingerprint density at radius 2 is 1.62 bits per heavy atom. The molecule has 3 aromatic carbocycles. The molecule has 1 aromatic heterocycles. The van der Waals surface area contributed by atoms with E-state index in [0.717, 1.165) is 11.1 Å². The van der Waals surface area contributed by atoms with Gasteiger partial charge in [-0.05, 0) is 11.6 Å². The van der Waals surface area contributed by atoms with Gasteiger partial charge in [0, 0.05) is 17.2 Å². The van der Waals surface area contributed by atoms with Gasteiger partial charge in [0.1, 0.15) is 0 Å². The molecule has 32 heavy (non-hydrogen) atoms. The molecule has 0 aliphatic heterocycles. The number of para-hydroxylation sites is 1. The average molecular weight is 440 g/mol. The van der Waals surface area contributed by atoms with Gasteiger partial charge in [0.2, 0.25) is 0 Å². The van der Waals surface area contributed by atoms with Gasteiger partial charge in [0.05, 0.1) is 51.0 Å². The lowest BCUT2D eigenvalue weighted by Gasteiger charge is -2.20. The van der Waals surface area contributed by atoms with Gasteiger partial charge in [-0.1, -0.05) is 78.9 Å². The van der Waals surface area contributed by atoms with Gasteiger partial charge in [0.15, 0.2) is 0 Å². The van der Waals surface area contributed by atoms with E-state index in [1.165, 1.54) is 0 Å². The van der Waals surface area contributed by atoms with Gasteiger partial charge in [-0.3, -0.25) is 9.00 Å². The van der Waals surface area contributed by atoms with Crippen LogP contribution in [-0.2, 0) is 10.8 Å². The van der Waals surface area contributed by atoms with E-state index in [0.29, 0.717) is 27.1 Å². The number of nitriles is 1. The molecule has 5 nitrogen and oxygen atoms in total. The number of fused-ring (bicyclic) bond motifs is 1. The van der Waals surface area contributed by atoms with Gasteiger partial charge in [0.25, 0.3) is 5.91 Å². The minimum Gasteiger partial charge on any atom is -0.344 e. The standard InChI is InChI=1S/C26H21N3O2S/c1-32(31)25-23(26(30)29-21(16-17-27)18-10-4-2-5-11-18)20-14-8-9-15-22(20)28-24(25)19-12-6-3-7-13-19/h2-15,21H,16H2,1H3,(H,29,30)/t21-,32?/m0/s1. The van der Waals surface area contributed by atoms with Gasteiger partial charge in [-0.25, -0.2) is 4.98 Å². The third-order valence-corrected chi connectivity index (χ3v) is 6.18. The first-order valence-corrected chi connectivity index (χ1v) is 11.7. The van der Waals surface area contributed by atoms with Gasteiger partial charge in [-0.2, -0.15) is 5.26 Å². The molecule has 0 saturated carbocycles. The lowest BCUT2D eigenvalue weighted by molar-refractivity contribution is 0.0936. The fourth-order valence-corrected chi connectivity index (χ4v) is 4.68. The summed E-state index contributed by atoms with van der Waals surface area (Å²) in [5.74, 6) is -0.380. The maximum Gasteiger partial charge on any atom is 0.253 e. The Hall–Kier alpha value is -3.82. The number of benzene rings is 3. The second-order valence-electron chi connectivity index (χ2n) is 7.30. The monoisotopic (exact) mass is 439 g/mol. The van der Waals surface area contributed by atoms with Crippen LogP contribution in [0.3, 0.4) is 0 Å². The number of hydrogen-bond acceptors (Lipinski definition) is 4. The number of pyridine rings is 1. The van der Waals surface area contributed by atoms with E-state index in [4.69, 9.17) is 4.98 Å². The molecule has 0 aliphatic rings. The quantitative estimate of drug-likeness (QED) is 0.457. The summed E-state index contributed by atoms with van der Waals surface area (Å²) in [5.41, 5.74) is 3.11. The van der Waals surface area contributed by atoms with Crippen molar-refractivity contribution in [1.82, 2.24) is 10.3 Å². The van der Waals surface area contributed by atoms with Crippen molar-refractivity contribution in [2.24, 2.45) is 0 Å².